The zero-order valence-corrected chi connectivity index (χ0v) is 21.0. The minimum Gasteiger partial charge on any atom is -0.492 e. The molecule has 0 aromatic heterocycles. The summed E-state index contributed by atoms with van der Waals surface area (Å²) < 4.78 is 47.7. The maximum absolute atomic E-state index is 13.2. The molecule has 0 saturated heterocycles. The van der Waals surface area contributed by atoms with Gasteiger partial charge in [-0.15, -0.1) is 24.9 Å². The third-order valence-corrected chi connectivity index (χ3v) is 7.33. The van der Waals surface area contributed by atoms with Crippen molar-refractivity contribution in [2.75, 3.05) is 0 Å². The molecule has 2 aliphatic rings. The molecule has 3 atom stereocenters. The van der Waals surface area contributed by atoms with Crippen LogP contribution in [0.1, 0.15) is 33.3 Å². The number of rotatable bonds is 7. The van der Waals surface area contributed by atoms with Crippen LogP contribution in [0, 0.1) is 11.3 Å². The SMILES string of the molecule is CC1=C(Cl)SC2C=CC(C(=O)NC(C(=O)O)C(C)(C)C)=C(OCc3ccc(OC(F)(F)F)cc3)C12. The number of halogens is 4. The lowest BCUT2D eigenvalue weighted by Crippen LogP contribution is -2.49. The van der Waals surface area contributed by atoms with Crippen LogP contribution in [0.5, 0.6) is 5.75 Å². The van der Waals surface area contributed by atoms with Crippen molar-refractivity contribution < 1.29 is 37.3 Å². The number of aliphatic carboxylic acids is 1. The zero-order chi connectivity index (χ0) is 26.1. The Morgan fingerprint density at radius 2 is 1.83 bits per heavy atom. The van der Waals surface area contributed by atoms with E-state index in [4.69, 9.17) is 16.3 Å². The number of carbonyl (C=O) groups excluding carboxylic acids is 1. The summed E-state index contributed by atoms with van der Waals surface area (Å²) in [4.78, 5) is 25.0. The van der Waals surface area contributed by atoms with E-state index in [9.17, 15) is 27.9 Å². The number of alkyl halides is 3. The Labute approximate surface area is 210 Å². The first-order valence-electron chi connectivity index (χ1n) is 10.6. The number of amides is 1. The predicted molar refractivity (Wildman–Crippen MR) is 127 cm³/mol. The number of benzene rings is 1. The molecule has 0 fully saturated rings. The Bertz CT molecular complexity index is 1090. The van der Waals surface area contributed by atoms with Crippen LogP contribution in [-0.4, -0.2) is 34.6 Å². The molecule has 6 nitrogen and oxygen atoms in total. The Morgan fingerprint density at radius 1 is 1.20 bits per heavy atom. The van der Waals surface area contributed by atoms with Gasteiger partial charge >= 0.3 is 12.3 Å². The fourth-order valence-electron chi connectivity index (χ4n) is 3.75. The number of carboxylic acid groups (broad SMARTS) is 1. The molecule has 11 heteroatoms. The minimum absolute atomic E-state index is 0.0351. The molecule has 3 rings (SSSR count). The highest BCUT2D eigenvalue weighted by atomic mass is 35.5. The Balaban J connectivity index is 1.88. The van der Waals surface area contributed by atoms with E-state index in [2.05, 4.69) is 10.1 Å². The molecule has 1 amide bonds. The fourth-order valence-corrected chi connectivity index (χ4v) is 5.35. The van der Waals surface area contributed by atoms with Crippen LogP contribution < -0.4 is 10.1 Å². The smallest absolute Gasteiger partial charge is 0.492 e. The van der Waals surface area contributed by atoms with E-state index in [-0.39, 0.29) is 29.1 Å². The maximum Gasteiger partial charge on any atom is 0.573 e. The lowest BCUT2D eigenvalue weighted by Gasteiger charge is -2.30. The fraction of sp³-hybridized carbons (Fsp3) is 0.417. The lowest BCUT2D eigenvalue weighted by atomic mass is 9.85. The Kier molecular flexibility index (Phi) is 7.86. The number of hydrogen-bond donors (Lipinski definition) is 2. The first-order chi connectivity index (χ1) is 16.2. The van der Waals surface area contributed by atoms with Crippen LogP contribution in [0.3, 0.4) is 0 Å². The van der Waals surface area contributed by atoms with Crippen molar-refractivity contribution in [2.24, 2.45) is 11.3 Å². The Morgan fingerprint density at radius 3 is 2.37 bits per heavy atom. The number of carbonyl (C=O) groups is 2. The van der Waals surface area contributed by atoms with Crippen LogP contribution in [0.25, 0.3) is 0 Å². The molecule has 0 spiro atoms. The van der Waals surface area contributed by atoms with Gasteiger partial charge in [-0.25, -0.2) is 4.79 Å². The molecule has 3 unspecified atom stereocenters. The summed E-state index contributed by atoms with van der Waals surface area (Å²) in [5, 5.41) is 12.1. The highest BCUT2D eigenvalue weighted by Crippen LogP contribution is 2.50. The van der Waals surface area contributed by atoms with Crippen molar-refractivity contribution in [3.8, 4) is 5.75 Å². The van der Waals surface area contributed by atoms with E-state index in [0.29, 0.717) is 15.7 Å². The van der Waals surface area contributed by atoms with Gasteiger partial charge in [0.25, 0.3) is 5.91 Å². The molecule has 1 aliphatic carbocycles. The summed E-state index contributed by atoms with van der Waals surface area (Å²) in [7, 11) is 0. The molecule has 2 N–H and O–H groups in total. The van der Waals surface area contributed by atoms with Crippen LogP contribution in [0.4, 0.5) is 13.2 Å². The van der Waals surface area contributed by atoms with E-state index >= 15 is 0 Å². The summed E-state index contributed by atoms with van der Waals surface area (Å²) in [6, 6.07) is 4.06. The van der Waals surface area contributed by atoms with E-state index in [0.717, 1.165) is 5.57 Å². The number of thioether (sulfide) groups is 1. The lowest BCUT2D eigenvalue weighted by molar-refractivity contribution is -0.274. The third-order valence-electron chi connectivity index (χ3n) is 5.53. The van der Waals surface area contributed by atoms with Gasteiger partial charge in [0.1, 0.15) is 24.2 Å². The minimum atomic E-state index is -4.79. The van der Waals surface area contributed by atoms with Gasteiger partial charge in [0, 0.05) is 5.25 Å². The van der Waals surface area contributed by atoms with E-state index in [1.165, 1.54) is 36.0 Å². The molecule has 0 bridgehead atoms. The topological polar surface area (TPSA) is 84.9 Å². The summed E-state index contributed by atoms with van der Waals surface area (Å²) in [6.07, 6.45) is -1.38. The average molecular weight is 532 g/mol. The van der Waals surface area contributed by atoms with E-state index in [1.807, 2.05) is 13.0 Å². The van der Waals surface area contributed by atoms with Gasteiger partial charge in [0.2, 0.25) is 0 Å². The van der Waals surface area contributed by atoms with Gasteiger partial charge in [-0.3, -0.25) is 4.79 Å². The molecular weight excluding hydrogens is 507 g/mol. The highest BCUT2D eigenvalue weighted by Gasteiger charge is 2.41. The molecule has 0 radical (unpaired) electrons. The largest absolute Gasteiger partial charge is 0.573 e. The van der Waals surface area contributed by atoms with Crippen LogP contribution in [-0.2, 0) is 20.9 Å². The van der Waals surface area contributed by atoms with Gasteiger partial charge in [-0.2, -0.15) is 0 Å². The molecule has 1 heterocycles. The molecular formula is C24H25ClF3NO5S. The van der Waals surface area contributed by atoms with Gasteiger partial charge < -0.3 is 19.9 Å². The highest BCUT2D eigenvalue weighted by molar-refractivity contribution is 8.05. The second-order valence-corrected chi connectivity index (χ2v) is 11.0. The molecule has 1 aliphatic heterocycles. The van der Waals surface area contributed by atoms with Crippen molar-refractivity contribution in [1.29, 1.82) is 0 Å². The number of hydrogen-bond acceptors (Lipinski definition) is 5. The maximum atomic E-state index is 13.2. The van der Waals surface area contributed by atoms with Gasteiger partial charge in [-0.05, 0) is 41.7 Å². The van der Waals surface area contributed by atoms with Crippen molar-refractivity contribution in [1.82, 2.24) is 5.32 Å². The van der Waals surface area contributed by atoms with Crippen LogP contribution in [0.15, 0.2) is 57.7 Å². The summed E-state index contributed by atoms with van der Waals surface area (Å²) in [5.41, 5.74) is 0.789. The summed E-state index contributed by atoms with van der Waals surface area (Å²) in [5.74, 6) is -2.15. The first kappa shape index (κ1) is 27.0. The third kappa shape index (κ3) is 6.55. The molecule has 1 aromatic carbocycles. The van der Waals surface area contributed by atoms with Gasteiger partial charge in [-0.1, -0.05) is 50.6 Å². The average Bonchev–Trinajstić information content (AvgIpc) is 3.03. The summed E-state index contributed by atoms with van der Waals surface area (Å²) >= 11 is 7.77. The number of fused-ring (bicyclic) bond motifs is 1. The molecule has 35 heavy (non-hydrogen) atoms. The quantitative estimate of drug-likeness (QED) is 0.466. The van der Waals surface area contributed by atoms with Crippen molar-refractivity contribution >= 4 is 35.2 Å². The van der Waals surface area contributed by atoms with Crippen molar-refractivity contribution in [3.05, 3.63) is 63.3 Å². The predicted octanol–water partition coefficient (Wildman–Crippen LogP) is 5.74. The van der Waals surface area contributed by atoms with Crippen molar-refractivity contribution in [3.63, 3.8) is 0 Å². The number of allylic oxidation sites excluding steroid dienone is 1. The Hall–Kier alpha value is -2.59. The van der Waals surface area contributed by atoms with Crippen LogP contribution in [0.2, 0.25) is 0 Å². The second kappa shape index (κ2) is 10.2. The van der Waals surface area contributed by atoms with Gasteiger partial charge in [0.05, 0.1) is 15.9 Å². The second-order valence-electron chi connectivity index (χ2n) is 9.25. The zero-order valence-electron chi connectivity index (χ0n) is 19.4. The van der Waals surface area contributed by atoms with E-state index < -0.39 is 29.7 Å². The van der Waals surface area contributed by atoms with E-state index in [1.54, 1.807) is 26.8 Å². The summed E-state index contributed by atoms with van der Waals surface area (Å²) in [6.45, 7) is 6.91. The standard InChI is InChI=1S/C24H25ClF3NO5S/c1-12-17-16(35-20(12)25)10-9-15(21(30)29-19(22(31)32)23(2,3)4)18(17)33-11-13-5-7-14(8-6-13)34-24(26,27)28/h5-10,16-17,19H,11H2,1-4H3,(H,29,30)(H,31,32). The first-order valence-corrected chi connectivity index (χ1v) is 11.9. The number of carboxylic acids is 1. The monoisotopic (exact) mass is 531 g/mol. The van der Waals surface area contributed by atoms with Crippen molar-refractivity contribution in [2.45, 2.75) is 52.0 Å². The molecule has 0 saturated carbocycles. The normalized spacial score (nSPS) is 21.0. The number of nitrogens with one attached hydrogen (secondary N) is 1. The molecule has 1 aromatic rings. The molecule has 190 valence electrons. The van der Waals surface area contributed by atoms with Crippen LogP contribution >= 0.6 is 23.4 Å². The van der Waals surface area contributed by atoms with Gasteiger partial charge in [0.15, 0.2) is 0 Å². The number of ether oxygens (including phenoxy) is 2.